The minimum atomic E-state index is -3.17. The minimum Gasteiger partial charge on any atom is -0.791 e. The molecule has 40 heteroatoms. The van der Waals surface area contributed by atoms with Crippen molar-refractivity contribution in [2.24, 2.45) is 41.2 Å². The van der Waals surface area contributed by atoms with E-state index in [-0.39, 0.29) is 100 Å². The summed E-state index contributed by atoms with van der Waals surface area (Å²) in [6.07, 6.45) is 0. The number of carbonyl (C=O) groups is 2. The summed E-state index contributed by atoms with van der Waals surface area (Å²) in [6, 6.07) is 68.4. The van der Waals surface area contributed by atoms with Gasteiger partial charge in [0.05, 0.1) is 47.5 Å². The second-order valence-corrected chi connectivity index (χ2v) is 24.9. The zero-order chi connectivity index (χ0) is 78.8. The van der Waals surface area contributed by atoms with E-state index in [1.807, 2.05) is 0 Å². The molecule has 10 rings (SSSR count). The van der Waals surface area contributed by atoms with Gasteiger partial charge in [-0.1, -0.05) is 321 Å². The monoisotopic (exact) mass is 1670 g/mol. The number of rotatable bonds is 39. The van der Waals surface area contributed by atoms with E-state index < -0.39 is 87.2 Å². The third kappa shape index (κ3) is 25.7. The Morgan fingerprint density at radius 1 is 0.325 bits per heavy atom. The summed E-state index contributed by atoms with van der Waals surface area (Å²) in [7, 11) is -12.6. The van der Waals surface area contributed by atoms with E-state index in [0.717, 1.165) is 48.5 Å². The fourth-order valence-corrected chi connectivity index (χ4v) is 11.9. The van der Waals surface area contributed by atoms with Gasteiger partial charge in [0, 0.05) is 32.0 Å². The van der Waals surface area contributed by atoms with E-state index in [1.165, 1.54) is 48.5 Å². The predicted molar refractivity (Wildman–Crippen MR) is 411 cm³/mol. The number of carboxylic acids is 2. The molecule has 0 heterocycles. The van der Waals surface area contributed by atoms with Gasteiger partial charge in [0.25, 0.3) is 0 Å². The maximum atomic E-state index is 17.2. The number of carboxylic acid groups (broad SMARTS) is 2. The van der Waals surface area contributed by atoms with Crippen molar-refractivity contribution in [1.29, 1.82) is 0 Å². The van der Waals surface area contributed by atoms with Crippen LogP contribution in [0.15, 0.2) is 342 Å². The number of aromatic carboxylic acids is 2. The van der Waals surface area contributed by atoms with Gasteiger partial charge in [0.2, 0.25) is 0 Å². The molecule has 0 spiro atoms. The number of hydrogen-bond donors (Lipinski definition) is 6. The summed E-state index contributed by atoms with van der Waals surface area (Å²) in [6.45, 7) is 0. The Hall–Kier alpha value is -11.7. The Morgan fingerprint density at radius 2 is 0.570 bits per heavy atom. The van der Waals surface area contributed by atoms with Crippen LogP contribution in [-0.4, -0.2) is 96.3 Å². The zero-order valence-electron chi connectivity index (χ0n) is 58.6. The third-order valence-corrected chi connectivity index (χ3v) is 17.5. The molecule has 0 bridgehead atoms. The molecule has 0 aliphatic rings. The molecular weight excluding hydrogens is 1610 g/mol. The second kappa shape index (κ2) is 46.3. The fourth-order valence-electron chi connectivity index (χ4n) is 10.3. The smallest absolute Gasteiger partial charge is 0.791 e. The average Bonchev–Trinajstić information content (AvgIpc) is 0.420. The number of benzene rings is 10. The van der Waals surface area contributed by atoms with Crippen molar-refractivity contribution in [3.05, 3.63) is 357 Å². The van der Waals surface area contributed by atoms with Crippen LogP contribution in [0.2, 0.25) is 0 Å². The molecule has 4 atom stereocenters. The van der Waals surface area contributed by atoms with Crippen LogP contribution in [0.25, 0.3) is 0 Å². The summed E-state index contributed by atoms with van der Waals surface area (Å²) in [5.74, 6) is -3.28. The first kappa shape index (κ1) is 87.9. The molecule has 0 amide bonds. The number of nitrogens with one attached hydrogen (secondary N) is 4. The molecule has 114 heavy (non-hydrogen) atoms. The van der Waals surface area contributed by atoms with Crippen LogP contribution in [0, 0.1) is 10.4 Å². The van der Waals surface area contributed by atoms with Crippen LogP contribution in [0.4, 0.5) is 17.3 Å². The van der Waals surface area contributed by atoms with Gasteiger partial charge in [0.15, 0.2) is 21.5 Å². The largest absolute Gasteiger partial charge is 2.00 e. The fraction of sp³-hybridized carbons (Fsp3) is 0.0541. The van der Waals surface area contributed by atoms with E-state index in [1.54, 1.807) is 194 Å². The SMILES string of the molecule is O=C([O-])c1ccc(SC(=N\OB(F)O/N=C(/C(=N/[O-])c2ccccc2)c2ccccc2)/C(=N/OB(F)ONC(c2ccccc2)C(NO)c2ccccc2)C(=N\OB(F)ONC(c2ccccc2)C(NO)c2ccccc2)/C(=N/OB(F)O/N=C(/C(=N/[O-])c2ccccc2)c2ccccc2)Sc2ccc(C(=O)[O-])cc2)cc1.[Fe+2].[Fe+2]. The molecule has 28 nitrogen and oxygen atoms in total. The quantitative estimate of drug-likeness (QED) is 0.00520. The van der Waals surface area contributed by atoms with Gasteiger partial charge < -0.3 is 79.5 Å². The Kier molecular flexibility index (Phi) is 35.7. The first-order valence-corrected chi connectivity index (χ1v) is 34.8. The van der Waals surface area contributed by atoms with Crippen molar-refractivity contribution in [2.45, 2.75) is 34.0 Å². The molecule has 578 valence electrons. The molecule has 0 saturated carbocycles. The van der Waals surface area contributed by atoms with Crippen molar-refractivity contribution in [1.82, 2.24) is 21.9 Å². The Bertz CT molecular complexity index is 4620. The molecule has 10 aromatic rings. The van der Waals surface area contributed by atoms with Crippen molar-refractivity contribution < 1.29 is 120 Å². The van der Waals surface area contributed by atoms with Crippen LogP contribution in [0.1, 0.15) is 89.4 Å². The van der Waals surface area contributed by atoms with E-state index in [4.69, 9.17) is 38.0 Å². The Labute approximate surface area is 679 Å². The van der Waals surface area contributed by atoms with Crippen molar-refractivity contribution >= 4 is 109 Å². The van der Waals surface area contributed by atoms with Gasteiger partial charge in [-0.05, 0) is 57.6 Å². The van der Waals surface area contributed by atoms with Crippen molar-refractivity contribution in [3.8, 4) is 0 Å². The number of thioether (sulfide) groups is 2. The van der Waals surface area contributed by atoms with Crippen molar-refractivity contribution in [2.75, 3.05) is 0 Å². The molecular formula is C74H58B4F4Fe2N12O16S2. The molecule has 0 radical (unpaired) electrons. The molecule has 0 fully saturated rings. The average molecular weight is 1670 g/mol. The maximum Gasteiger partial charge on any atom is 2.00 e. The molecule has 10 aromatic carbocycles. The van der Waals surface area contributed by atoms with Gasteiger partial charge in [-0.15, -0.1) is 0 Å². The van der Waals surface area contributed by atoms with Crippen molar-refractivity contribution in [3.63, 3.8) is 0 Å². The molecule has 0 aromatic heterocycles. The number of hydroxylamine groups is 4. The summed E-state index contributed by atoms with van der Waals surface area (Å²) in [5.41, 5.74) is 7.43. The standard InChI is InChI=1S/C74H62B4F4N12O16S2.2Fe/c79-75(103-87-65(53-33-17-5-18-34-53)61(83-99)49-25-9-1-10-26-49)107-91-69(71(111-59-45-41-57(42-46-59)73(95)96)93-109-77(81)105-89-67(55-37-21-7-22-38-55)63(85-101)51-29-13-3-14-30-51)70(92-108-76(80)104-88-66(54-35-19-6-20-36-54)62(84-100)50-27-11-2-12-28-50)72(112-60-47-43-58(44-48-60)74(97)98)94-110-78(82)106-90-68(56-39-23-8-24-40-56)64(86-102)52-31-15-4-16-32-52;;/h1-48,61-62,65-66,83-84,87-88,99-102H,(H,95,96)(H,97,98);;/q;2*+2/p-4/b85-63+,86-64+,89-67+,90-68+,91-69+,92-70+,93-71-,94-72-;;. The van der Waals surface area contributed by atoms with Crippen LogP contribution in [0.3, 0.4) is 0 Å². The van der Waals surface area contributed by atoms with Gasteiger partial charge in [-0.25, -0.2) is 28.2 Å². The molecule has 0 aliphatic carbocycles. The number of hydrogen-bond acceptors (Lipinski definition) is 30. The van der Waals surface area contributed by atoms with Crippen LogP contribution >= 0.6 is 23.5 Å². The zero-order valence-corrected chi connectivity index (χ0v) is 62.4. The first-order valence-electron chi connectivity index (χ1n) is 33.2. The van der Waals surface area contributed by atoms with E-state index in [2.05, 4.69) is 63.2 Å². The molecule has 6 N–H and O–H groups in total. The Morgan fingerprint density at radius 3 is 0.833 bits per heavy atom. The predicted octanol–water partition coefficient (Wildman–Crippen LogP) is 11.3. The van der Waals surface area contributed by atoms with Crippen LogP contribution in [-0.2, 0) is 72.2 Å². The van der Waals surface area contributed by atoms with Gasteiger partial charge in [0.1, 0.15) is 11.4 Å². The number of oxime groups is 6. The molecule has 4 unspecified atom stereocenters. The van der Waals surface area contributed by atoms with Gasteiger partial charge in [-0.2, -0.15) is 11.0 Å². The van der Waals surface area contributed by atoms with E-state index in [0.29, 0.717) is 45.8 Å². The van der Waals surface area contributed by atoms with E-state index in [9.17, 15) is 40.6 Å². The molecule has 0 saturated heterocycles. The minimum absolute atomic E-state index is 0. The van der Waals surface area contributed by atoms with Crippen LogP contribution < -0.4 is 32.1 Å². The van der Waals surface area contributed by atoms with Gasteiger partial charge >= 0.3 is 63.7 Å². The summed E-state index contributed by atoms with van der Waals surface area (Å²) in [4.78, 5) is 24.2. The van der Waals surface area contributed by atoms with Gasteiger partial charge in [-0.3, -0.25) is 9.51 Å². The maximum absolute atomic E-state index is 17.2. The number of nitrogens with zero attached hydrogens (tertiary/aromatic N) is 8. The normalized spacial score (nSPS) is 13.3. The van der Waals surface area contributed by atoms with Crippen LogP contribution in [0.5, 0.6) is 0 Å². The molecule has 0 aliphatic heterocycles. The Balaban J connectivity index is 0.00000813. The summed E-state index contributed by atoms with van der Waals surface area (Å²) >= 11 is 0.668. The van der Waals surface area contributed by atoms with E-state index >= 15 is 17.3 Å². The first-order chi connectivity index (χ1) is 54.7. The second-order valence-electron chi connectivity index (χ2n) is 22.7. The topological polar surface area (TPSA) is 388 Å². The summed E-state index contributed by atoms with van der Waals surface area (Å²) < 4.78 is 111. The number of carbonyl (C=O) groups excluding carboxylic acids is 2. The third-order valence-electron chi connectivity index (χ3n) is 15.6. The number of halogens is 4. The summed E-state index contributed by atoms with van der Waals surface area (Å²) in [5, 5.41) is 99.3.